The van der Waals surface area contributed by atoms with E-state index in [9.17, 15) is 14.4 Å². The topological polar surface area (TPSA) is 57.7 Å². The second kappa shape index (κ2) is 5.62. The molecule has 8 heteroatoms. The summed E-state index contributed by atoms with van der Waals surface area (Å²) in [5.74, 6) is 0.468. The van der Waals surface area contributed by atoms with Crippen LogP contribution in [0.2, 0.25) is 0 Å². The van der Waals surface area contributed by atoms with Crippen molar-refractivity contribution < 1.29 is 14.4 Å². The number of piperazine rings is 1. The van der Waals surface area contributed by atoms with Crippen molar-refractivity contribution in [1.82, 2.24) is 9.80 Å². The Morgan fingerprint density at radius 1 is 1.35 bits per heavy atom. The fourth-order valence-corrected chi connectivity index (χ4v) is 8.96. The Morgan fingerprint density at radius 3 is 2.41 bits per heavy atom. The first-order valence-electron chi connectivity index (χ1n) is 4.50. The van der Waals surface area contributed by atoms with Crippen molar-refractivity contribution in [3.05, 3.63) is 0 Å². The molecular formula is C9H9N2O3S2Tl. The molecular weight excluding hydrogens is 453 g/mol. The molecule has 1 unspecified atom stereocenters. The summed E-state index contributed by atoms with van der Waals surface area (Å²) >= 11 is 0.596. The Balaban J connectivity index is 3.26. The summed E-state index contributed by atoms with van der Waals surface area (Å²) in [7, 11) is 5.50. The molecule has 1 fully saturated rings. The van der Waals surface area contributed by atoms with Gasteiger partial charge in [0.1, 0.15) is 0 Å². The average molecular weight is 462 g/mol. The van der Waals surface area contributed by atoms with Crippen LogP contribution in [0.4, 0.5) is 0 Å². The molecule has 1 atom stereocenters. The Labute approximate surface area is 121 Å². The maximum atomic E-state index is 12.2. The molecule has 1 rings (SSSR count). The van der Waals surface area contributed by atoms with E-state index in [0.717, 1.165) is 9.80 Å². The number of terminal acetylenes is 1. The van der Waals surface area contributed by atoms with E-state index < -0.39 is 22.6 Å². The minimum atomic E-state index is -1.14. The number of likely N-dealkylation sites (N-methyl/N-ethyl adjacent to an activating group) is 2. The van der Waals surface area contributed by atoms with Gasteiger partial charge in [-0.2, -0.15) is 0 Å². The van der Waals surface area contributed by atoms with Gasteiger partial charge in [-0.1, -0.05) is 0 Å². The van der Waals surface area contributed by atoms with Crippen molar-refractivity contribution in [2.24, 2.45) is 0 Å². The molecule has 88 valence electrons. The first kappa shape index (κ1) is 14.9. The Kier molecular flexibility index (Phi) is 4.91. The zero-order valence-electron chi connectivity index (χ0n) is 9.30. The van der Waals surface area contributed by atoms with E-state index in [1.165, 1.54) is 32.2 Å². The van der Waals surface area contributed by atoms with Gasteiger partial charge in [-0.15, -0.1) is 0 Å². The summed E-state index contributed by atoms with van der Waals surface area (Å²) in [5, 5.41) is 0. The summed E-state index contributed by atoms with van der Waals surface area (Å²) in [6.07, 6.45) is 5.37. The molecule has 0 saturated carbocycles. The van der Waals surface area contributed by atoms with Crippen LogP contribution in [-0.4, -0.2) is 70.8 Å². The van der Waals surface area contributed by atoms with E-state index in [4.69, 9.17) is 6.42 Å². The van der Waals surface area contributed by atoms with Crippen LogP contribution < -0.4 is 0 Å². The number of imide groups is 1. The molecule has 0 aromatic heterocycles. The molecule has 1 aliphatic rings. The normalized spacial score (nSPS) is 25.1. The van der Waals surface area contributed by atoms with Gasteiger partial charge in [0.2, 0.25) is 0 Å². The Morgan fingerprint density at radius 2 is 1.94 bits per heavy atom. The molecule has 5 nitrogen and oxygen atoms in total. The fraction of sp³-hybridized carbons (Fsp3) is 0.444. The predicted molar refractivity (Wildman–Crippen MR) is 67.7 cm³/mol. The summed E-state index contributed by atoms with van der Waals surface area (Å²) < 4.78 is 0. The predicted octanol–water partition coefficient (Wildman–Crippen LogP) is -0.372. The van der Waals surface area contributed by atoms with Crippen LogP contribution in [0.3, 0.4) is 0 Å². The Hall–Kier alpha value is -0.208. The van der Waals surface area contributed by atoms with E-state index in [2.05, 4.69) is 5.92 Å². The minimum absolute atomic E-state index is 0.0933. The van der Waals surface area contributed by atoms with Crippen molar-refractivity contribution in [3.63, 3.8) is 0 Å². The van der Waals surface area contributed by atoms with Crippen molar-refractivity contribution in [2.45, 2.75) is 11.3 Å². The number of hydrogen-bond acceptors (Lipinski definition) is 5. The first-order chi connectivity index (χ1) is 7.92. The molecule has 1 saturated heterocycles. The number of rotatable bonds is 3. The summed E-state index contributed by atoms with van der Waals surface area (Å²) in [6.45, 7) is 0. The average Bonchev–Trinajstić information content (AvgIpc) is 2.32. The molecule has 0 aliphatic carbocycles. The van der Waals surface area contributed by atoms with Crippen molar-refractivity contribution in [3.8, 4) is 12.3 Å². The standard InChI is InChI=1S/C9H10N2O3S2.Tl/c1-4-5-9(16-15)8(14)10(2)6(12)7(13)11(9)3;/h1,15H,5H2,2-3H3;/q;+1/p-1. The zero-order valence-corrected chi connectivity index (χ0v) is 15.4. The van der Waals surface area contributed by atoms with Crippen LogP contribution in [-0.2, 0) is 14.4 Å². The van der Waals surface area contributed by atoms with Crippen LogP contribution in [0.1, 0.15) is 6.42 Å². The molecule has 0 N–H and O–H groups in total. The molecule has 0 bridgehead atoms. The second-order valence-electron chi connectivity index (χ2n) is 3.38. The monoisotopic (exact) mass is 462 g/mol. The van der Waals surface area contributed by atoms with Gasteiger partial charge in [-0.05, 0) is 0 Å². The first-order valence-corrected chi connectivity index (χ1v) is 12.2. The number of hydrogen-bond donors (Lipinski definition) is 0. The third-order valence-electron chi connectivity index (χ3n) is 2.50. The molecule has 3 amide bonds. The van der Waals surface area contributed by atoms with Gasteiger partial charge in [-0.25, -0.2) is 0 Å². The molecule has 17 heavy (non-hydrogen) atoms. The zero-order chi connectivity index (χ0) is 13.2. The van der Waals surface area contributed by atoms with E-state index >= 15 is 0 Å². The number of amides is 3. The molecule has 1 aliphatic heterocycles. The van der Waals surface area contributed by atoms with E-state index in [1.807, 2.05) is 0 Å². The van der Waals surface area contributed by atoms with Crippen LogP contribution in [0.5, 0.6) is 0 Å². The summed E-state index contributed by atoms with van der Waals surface area (Å²) in [5.41, 5.74) is 0. The molecule has 1 heterocycles. The van der Waals surface area contributed by atoms with Crippen LogP contribution in [0, 0.1) is 12.3 Å². The third-order valence-corrected chi connectivity index (χ3v) is 7.95. The second-order valence-corrected chi connectivity index (χ2v) is 12.2. The van der Waals surface area contributed by atoms with Crippen molar-refractivity contribution in [1.29, 1.82) is 0 Å². The van der Waals surface area contributed by atoms with Crippen molar-refractivity contribution in [2.75, 3.05) is 14.1 Å². The van der Waals surface area contributed by atoms with Crippen LogP contribution in [0.15, 0.2) is 0 Å². The Bertz CT molecular complexity index is 423. The third kappa shape index (κ3) is 2.34. The SMILES string of the molecule is C#CCC1(S[S][Tl])C(=O)N(C)C(=O)C(=O)N1C. The van der Waals surface area contributed by atoms with E-state index in [-0.39, 0.29) is 6.42 Å². The van der Waals surface area contributed by atoms with Gasteiger partial charge in [0, 0.05) is 0 Å². The van der Waals surface area contributed by atoms with Gasteiger partial charge in [0.05, 0.1) is 0 Å². The number of carbonyl (C=O) groups excluding carboxylic acids is 3. The molecule has 0 spiro atoms. The summed E-state index contributed by atoms with van der Waals surface area (Å²) in [4.78, 5) is 36.3. The van der Waals surface area contributed by atoms with E-state index in [1.54, 1.807) is 0 Å². The number of carbonyl (C=O) groups is 3. The van der Waals surface area contributed by atoms with Crippen LogP contribution in [0.25, 0.3) is 0 Å². The quantitative estimate of drug-likeness (QED) is 0.189. The summed E-state index contributed by atoms with van der Waals surface area (Å²) in [6, 6.07) is 0. The maximum absolute atomic E-state index is 12.2. The van der Waals surface area contributed by atoms with Gasteiger partial charge in [0.25, 0.3) is 0 Å². The van der Waals surface area contributed by atoms with Gasteiger partial charge < -0.3 is 0 Å². The van der Waals surface area contributed by atoms with E-state index in [0.29, 0.717) is 24.3 Å². The number of nitrogens with zero attached hydrogens (tertiary/aromatic N) is 2. The van der Waals surface area contributed by atoms with Gasteiger partial charge in [0.15, 0.2) is 0 Å². The van der Waals surface area contributed by atoms with Crippen LogP contribution >= 0.6 is 18.1 Å². The van der Waals surface area contributed by atoms with Gasteiger partial charge in [-0.3, -0.25) is 0 Å². The molecule has 0 aromatic carbocycles. The van der Waals surface area contributed by atoms with Crippen molar-refractivity contribution >= 4 is 60.1 Å². The molecule has 0 radical (unpaired) electrons. The van der Waals surface area contributed by atoms with Gasteiger partial charge >= 0.3 is 122 Å². The fourth-order valence-electron chi connectivity index (χ4n) is 1.48. The molecule has 0 aromatic rings.